The first-order valence-electron chi connectivity index (χ1n) is 10.6. The van der Waals surface area contributed by atoms with Gasteiger partial charge < -0.3 is 10.2 Å². The molecule has 3 rings (SSSR count). The summed E-state index contributed by atoms with van der Waals surface area (Å²) in [5.74, 6) is -0.812. The summed E-state index contributed by atoms with van der Waals surface area (Å²) in [5.41, 5.74) is 2.37. The van der Waals surface area contributed by atoms with Gasteiger partial charge in [0.15, 0.2) is 0 Å². The molecule has 0 aromatic heterocycles. The molecule has 0 radical (unpaired) electrons. The number of likely N-dealkylation sites (N-methyl/N-ethyl adjacent to an activating group) is 1. The van der Waals surface area contributed by atoms with E-state index >= 15 is 0 Å². The van der Waals surface area contributed by atoms with E-state index in [0.717, 1.165) is 11.1 Å². The summed E-state index contributed by atoms with van der Waals surface area (Å²) >= 11 is 6.28. The van der Waals surface area contributed by atoms with Crippen molar-refractivity contribution in [3.8, 4) is 0 Å². The molecule has 6 heteroatoms. The number of nitrogens with zero attached hydrogens (tertiary/aromatic N) is 1. The number of nitrogens with one attached hydrogen (secondary N) is 1. The van der Waals surface area contributed by atoms with Crippen LogP contribution in [0.5, 0.6) is 0 Å². The maximum Gasteiger partial charge on any atom is 0.243 e. The first-order valence-corrected chi connectivity index (χ1v) is 10.9. The first-order chi connectivity index (χ1) is 15.5. The average molecular weight is 453 g/mol. The van der Waals surface area contributed by atoms with Gasteiger partial charge >= 0.3 is 0 Å². The Bertz CT molecular complexity index is 1040. The Morgan fingerprint density at radius 2 is 1.59 bits per heavy atom. The summed E-state index contributed by atoms with van der Waals surface area (Å²) in [6, 6.07) is 22.0. The SMILES string of the molecule is CCNC(=O)C(Cc1ccccc1)N(Cc1ccc(F)cc1)C(=O)Cc1ccccc1Cl. The minimum absolute atomic E-state index is 0.0611. The highest BCUT2D eigenvalue weighted by Crippen LogP contribution is 2.20. The van der Waals surface area contributed by atoms with Crippen molar-refractivity contribution in [3.05, 3.63) is 106 Å². The lowest BCUT2D eigenvalue weighted by atomic mass is 10.0. The van der Waals surface area contributed by atoms with Crippen LogP contribution in [0.1, 0.15) is 23.6 Å². The molecule has 32 heavy (non-hydrogen) atoms. The minimum Gasteiger partial charge on any atom is -0.355 e. The predicted octanol–water partition coefficient (Wildman–Crippen LogP) is 4.80. The summed E-state index contributed by atoms with van der Waals surface area (Å²) in [5, 5.41) is 3.35. The number of halogens is 2. The highest BCUT2D eigenvalue weighted by Gasteiger charge is 2.30. The van der Waals surface area contributed by atoms with E-state index in [2.05, 4.69) is 5.32 Å². The molecule has 4 nitrogen and oxygen atoms in total. The van der Waals surface area contributed by atoms with Gasteiger partial charge in [0.05, 0.1) is 6.42 Å². The van der Waals surface area contributed by atoms with Crippen molar-refractivity contribution in [2.45, 2.75) is 32.4 Å². The number of hydrogen-bond donors (Lipinski definition) is 1. The lowest BCUT2D eigenvalue weighted by Gasteiger charge is -2.31. The van der Waals surface area contributed by atoms with Crippen molar-refractivity contribution in [1.29, 1.82) is 0 Å². The third kappa shape index (κ3) is 6.41. The van der Waals surface area contributed by atoms with E-state index in [4.69, 9.17) is 11.6 Å². The van der Waals surface area contributed by atoms with Gasteiger partial charge in [-0.2, -0.15) is 0 Å². The second-order valence-electron chi connectivity index (χ2n) is 7.52. The molecular weight excluding hydrogens is 427 g/mol. The molecular formula is C26H26ClFN2O2. The van der Waals surface area contributed by atoms with E-state index in [1.54, 1.807) is 35.2 Å². The third-order valence-electron chi connectivity index (χ3n) is 5.19. The van der Waals surface area contributed by atoms with Crippen LogP contribution in [0.25, 0.3) is 0 Å². The van der Waals surface area contributed by atoms with Gasteiger partial charge in [-0.15, -0.1) is 0 Å². The molecule has 0 aliphatic carbocycles. The number of amides is 2. The van der Waals surface area contributed by atoms with Crippen molar-refractivity contribution < 1.29 is 14.0 Å². The molecule has 0 saturated carbocycles. The van der Waals surface area contributed by atoms with Gasteiger partial charge in [0.1, 0.15) is 11.9 Å². The van der Waals surface area contributed by atoms with Gasteiger partial charge in [-0.3, -0.25) is 9.59 Å². The summed E-state index contributed by atoms with van der Waals surface area (Å²) in [4.78, 5) is 28.1. The van der Waals surface area contributed by atoms with Crippen LogP contribution in [-0.4, -0.2) is 29.3 Å². The predicted molar refractivity (Wildman–Crippen MR) is 125 cm³/mol. The molecule has 1 unspecified atom stereocenters. The van der Waals surface area contributed by atoms with Crippen molar-refractivity contribution in [2.75, 3.05) is 6.54 Å². The van der Waals surface area contributed by atoms with E-state index in [0.29, 0.717) is 23.6 Å². The smallest absolute Gasteiger partial charge is 0.243 e. The number of rotatable bonds is 9. The van der Waals surface area contributed by atoms with E-state index in [9.17, 15) is 14.0 Å². The quantitative estimate of drug-likeness (QED) is 0.507. The Labute approximate surface area is 193 Å². The third-order valence-corrected chi connectivity index (χ3v) is 5.56. The maximum atomic E-state index is 13.5. The van der Waals surface area contributed by atoms with E-state index in [1.807, 2.05) is 43.3 Å². The Morgan fingerprint density at radius 3 is 2.25 bits per heavy atom. The van der Waals surface area contributed by atoms with Gasteiger partial charge in [-0.25, -0.2) is 4.39 Å². The van der Waals surface area contributed by atoms with Crippen molar-refractivity contribution in [1.82, 2.24) is 10.2 Å². The van der Waals surface area contributed by atoms with Crippen LogP contribution >= 0.6 is 11.6 Å². The largest absolute Gasteiger partial charge is 0.355 e. The van der Waals surface area contributed by atoms with Crippen molar-refractivity contribution in [2.24, 2.45) is 0 Å². The van der Waals surface area contributed by atoms with Crippen molar-refractivity contribution in [3.63, 3.8) is 0 Å². The van der Waals surface area contributed by atoms with Gasteiger partial charge in [0.2, 0.25) is 11.8 Å². The maximum absolute atomic E-state index is 13.5. The second kappa shape index (κ2) is 11.4. The Balaban J connectivity index is 1.95. The molecule has 1 atom stereocenters. The number of carbonyl (C=O) groups excluding carboxylic acids is 2. The first kappa shape index (κ1) is 23.5. The topological polar surface area (TPSA) is 49.4 Å². The van der Waals surface area contributed by atoms with Gasteiger partial charge in [-0.05, 0) is 41.8 Å². The molecule has 166 valence electrons. The zero-order valence-electron chi connectivity index (χ0n) is 17.9. The summed E-state index contributed by atoms with van der Waals surface area (Å²) in [7, 11) is 0. The fraction of sp³-hybridized carbons (Fsp3) is 0.231. The van der Waals surface area contributed by atoms with Crippen LogP contribution in [0.4, 0.5) is 4.39 Å². The van der Waals surface area contributed by atoms with Crippen LogP contribution in [0.3, 0.4) is 0 Å². The second-order valence-corrected chi connectivity index (χ2v) is 7.92. The molecule has 3 aromatic carbocycles. The summed E-state index contributed by atoms with van der Waals surface area (Å²) in [6.07, 6.45) is 0.424. The van der Waals surface area contributed by atoms with E-state index < -0.39 is 6.04 Å². The Morgan fingerprint density at radius 1 is 0.938 bits per heavy atom. The molecule has 2 amide bonds. The Kier molecular flexibility index (Phi) is 8.40. The summed E-state index contributed by atoms with van der Waals surface area (Å²) in [6.45, 7) is 2.47. The van der Waals surface area contributed by atoms with Crippen LogP contribution in [0, 0.1) is 5.82 Å². The number of hydrogen-bond acceptors (Lipinski definition) is 2. The van der Waals surface area contributed by atoms with E-state index in [1.165, 1.54) is 12.1 Å². The molecule has 1 N–H and O–H groups in total. The monoisotopic (exact) mass is 452 g/mol. The fourth-order valence-electron chi connectivity index (χ4n) is 3.54. The standard InChI is InChI=1S/C26H26ClFN2O2/c1-2-29-26(32)24(16-19-8-4-3-5-9-19)30(18-20-12-14-22(28)15-13-20)25(31)17-21-10-6-7-11-23(21)27/h3-15,24H,2,16-18H2,1H3,(H,29,32). The molecule has 0 aliphatic rings. The average Bonchev–Trinajstić information content (AvgIpc) is 2.79. The normalized spacial score (nSPS) is 11.6. The van der Waals surface area contributed by atoms with Gasteiger partial charge in [-0.1, -0.05) is 72.3 Å². The van der Waals surface area contributed by atoms with Crippen molar-refractivity contribution >= 4 is 23.4 Å². The van der Waals surface area contributed by atoms with Gasteiger partial charge in [0.25, 0.3) is 0 Å². The summed E-state index contributed by atoms with van der Waals surface area (Å²) < 4.78 is 13.4. The van der Waals surface area contributed by atoms with Crippen LogP contribution in [-0.2, 0) is 29.0 Å². The minimum atomic E-state index is -0.725. The lowest BCUT2D eigenvalue weighted by molar-refractivity contribution is -0.140. The highest BCUT2D eigenvalue weighted by molar-refractivity contribution is 6.31. The van der Waals surface area contributed by atoms with Crippen LogP contribution in [0.15, 0.2) is 78.9 Å². The molecule has 3 aromatic rings. The van der Waals surface area contributed by atoms with Crippen LogP contribution < -0.4 is 5.32 Å². The molecule has 0 saturated heterocycles. The number of carbonyl (C=O) groups is 2. The van der Waals surface area contributed by atoms with Gasteiger partial charge in [0, 0.05) is 24.5 Å². The zero-order chi connectivity index (χ0) is 22.9. The Hall–Kier alpha value is -3.18. The molecule has 0 spiro atoms. The highest BCUT2D eigenvalue weighted by atomic mass is 35.5. The molecule has 0 fully saturated rings. The van der Waals surface area contributed by atoms with Crippen LogP contribution in [0.2, 0.25) is 5.02 Å². The molecule has 0 bridgehead atoms. The lowest BCUT2D eigenvalue weighted by Crippen LogP contribution is -2.51. The number of benzene rings is 3. The molecule has 0 aliphatic heterocycles. The van der Waals surface area contributed by atoms with E-state index in [-0.39, 0.29) is 30.6 Å². The fourth-order valence-corrected chi connectivity index (χ4v) is 3.74. The molecule has 0 heterocycles. The zero-order valence-corrected chi connectivity index (χ0v) is 18.7.